The molecule has 14 heavy (non-hydrogen) atoms. The fourth-order valence-electron chi connectivity index (χ4n) is 0. The molecular formula is C2H10NO9P2-5. The Morgan fingerprint density at radius 2 is 0.929 bits per heavy atom. The van der Waals surface area contributed by atoms with Crippen molar-refractivity contribution in [2.75, 3.05) is 6.61 Å². The van der Waals surface area contributed by atoms with Crippen LogP contribution in [0, 0.1) is 0 Å². The fraction of sp³-hybridized carbons (Fsp3) is 1.00. The van der Waals surface area contributed by atoms with Crippen LogP contribution >= 0.6 is 15.6 Å². The molecule has 0 aliphatic rings. The second-order valence-electron chi connectivity index (χ2n) is 1.21. The maximum atomic E-state index is 8.55. The molecule has 0 aliphatic carbocycles. The normalized spacial score (nSPS) is 9.71. The zero-order valence-corrected chi connectivity index (χ0v) is 9.10. The van der Waals surface area contributed by atoms with Gasteiger partial charge in [-0.05, 0) is 6.92 Å². The Morgan fingerprint density at radius 1 is 0.929 bits per heavy atom. The van der Waals surface area contributed by atoms with E-state index < -0.39 is 15.6 Å². The maximum Gasteiger partial charge on any atom is 0.0402 e. The van der Waals surface area contributed by atoms with Gasteiger partial charge in [0, 0.05) is 6.61 Å². The van der Waals surface area contributed by atoms with Gasteiger partial charge in [-0.2, -0.15) is 15.6 Å². The van der Waals surface area contributed by atoms with Crippen molar-refractivity contribution in [1.82, 2.24) is 6.15 Å². The highest BCUT2D eigenvalue weighted by Gasteiger charge is 1.45. The maximum absolute atomic E-state index is 8.55. The lowest BCUT2D eigenvalue weighted by atomic mass is 10.9. The number of aliphatic hydroxyl groups is 1. The molecule has 0 aliphatic heterocycles. The third kappa shape index (κ3) is 76900. The predicted molar refractivity (Wildman–Crippen MR) is 34.0 cm³/mol. The molecule has 0 saturated heterocycles. The van der Waals surface area contributed by atoms with Gasteiger partial charge in [-0.1, -0.05) is 0 Å². The third-order valence-electron chi connectivity index (χ3n) is 0. The van der Waals surface area contributed by atoms with E-state index in [-0.39, 0.29) is 12.8 Å². The summed E-state index contributed by atoms with van der Waals surface area (Å²) < 4.78 is 17.1. The Morgan fingerprint density at radius 3 is 0.929 bits per heavy atom. The summed E-state index contributed by atoms with van der Waals surface area (Å²) >= 11 is 0. The minimum Gasteiger partial charge on any atom is -0.822 e. The van der Waals surface area contributed by atoms with Gasteiger partial charge < -0.3 is 49.7 Å². The summed E-state index contributed by atoms with van der Waals surface area (Å²) in [6.45, 7) is 1.93. The van der Waals surface area contributed by atoms with Crippen molar-refractivity contribution in [1.29, 1.82) is 0 Å². The van der Waals surface area contributed by atoms with E-state index in [9.17, 15) is 0 Å². The molecule has 0 spiro atoms. The zero-order chi connectivity index (χ0) is 11.7. The fourth-order valence-corrected chi connectivity index (χ4v) is 0. The van der Waals surface area contributed by atoms with Crippen molar-refractivity contribution in [2.24, 2.45) is 0 Å². The molecule has 92 valence electrons. The first-order valence-electron chi connectivity index (χ1n) is 2.48. The highest BCUT2D eigenvalue weighted by Crippen LogP contribution is 2.03. The van der Waals surface area contributed by atoms with E-state index in [1.54, 1.807) is 6.92 Å². The molecular weight excluding hydrogens is 244 g/mol. The average molecular weight is 254 g/mol. The van der Waals surface area contributed by atoms with Crippen molar-refractivity contribution in [3.63, 3.8) is 0 Å². The molecule has 0 aromatic rings. The summed E-state index contributed by atoms with van der Waals surface area (Å²) in [6, 6.07) is 0. The largest absolute Gasteiger partial charge is 0.822 e. The first-order chi connectivity index (χ1) is 5.41. The lowest BCUT2D eigenvalue weighted by molar-refractivity contribution is -0.434. The number of hydrogen-bond acceptors (Lipinski definition) is 9. The molecule has 0 aromatic carbocycles. The van der Waals surface area contributed by atoms with Crippen LogP contribution in [0.2, 0.25) is 0 Å². The molecule has 0 saturated carbocycles. The van der Waals surface area contributed by atoms with Gasteiger partial charge in [-0.25, -0.2) is 0 Å². The molecule has 0 aromatic heterocycles. The van der Waals surface area contributed by atoms with Crippen LogP contribution < -0.4 is 35.5 Å². The van der Waals surface area contributed by atoms with E-state index >= 15 is 0 Å². The van der Waals surface area contributed by atoms with Gasteiger partial charge in [0.05, 0.1) is 0 Å². The number of aliphatic hydroxyl groups excluding tert-OH is 1. The Balaban J connectivity index is -0.0000000535. The van der Waals surface area contributed by atoms with Gasteiger partial charge in [-0.15, -0.1) is 0 Å². The topological polar surface area (TPSA) is 229 Å². The van der Waals surface area contributed by atoms with Crippen LogP contribution in [0.15, 0.2) is 0 Å². The van der Waals surface area contributed by atoms with E-state index in [0.717, 1.165) is 0 Å². The first kappa shape index (κ1) is 23.7. The summed E-state index contributed by atoms with van der Waals surface area (Å²) in [6.07, 6.45) is 0. The lowest BCUT2D eigenvalue weighted by Gasteiger charge is -2.36. The van der Waals surface area contributed by atoms with Crippen molar-refractivity contribution in [3.8, 4) is 0 Å². The molecule has 0 fully saturated rings. The predicted octanol–water partition coefficient (Wildman–Crippen LogP) is -5.27. The highest BCUT2D eigenvalue weighted by molar-refractivity contribution is 7.40. The van der Waals surface area contributed by atoms with E-state index in [0.29, 0.717) is 0 Å². The number of rotatable bonds is 0. The standard InChI is InChI=1S/C2H6O.H3N.2H3O4P/c1-2-3;;2*1-5(2,3)4/h3H,2H2,1H3;1H3;2*(H3,1,2,3,4)/p-5. The number of phosphoric acid groups is 2. The van der Waals surface area contributed by atoms with Crippen molar-refractivity contribution >= 4 is 15.6 Å². The van der Waals surface area contributed by atoms with Crippen LogP contribution in [-0.2, 0) is 9.13 Å². The first-order valence-corrected chi connectivity index (χ1v) is 5.41. The van der Waals surface area contributed by atoms with Crippen LogP contribution in [0.3, 0.4) is 0 Å². The van der Waals surface area contributed by atoms with Gasteiger partial charge in [-0.3, -0.25) is 0 Å². The quantitative estimate of drug-likeness (QED) is 0.392. The van der Waals surface area contributed by atoms with E-state index in [2.05, 4.69) is 0 Å². The van der Waals surface area contributed by atoms with Crippen LogP contribution in [0.25, 0.3) is 0 Å². The number of quaternary nitrogens is 1. The van der Waals surface area contributed by atoms with E-state index in [1.807, 2.05) is 0 Å². The van der Waals surface area contributed by atoms with Crippen LogP contribution in [0.5, 0.6) is 0 Å². The Bertz CT molecular complexity index is 145. The summed E-state index contributed by atoms with van der Waals surface area (Å²) in [5, 5.41) is 7.57. The zero-order valence-electron chi connectivity index (χ0n) is 7.31. The molecule has 0 amide bonds. The molecule has 10 nitrogen and oxygen atoms in total. The Labute approximate surface area is 79.9 Å². The van der Waals surface area contributed by atoms with Crippen molar-refractivity contribution in [3.05, 3.63) is 0 Å². The van der Waals surface area contributed by atoms with Gasteiger partial charge in [0.15, 0.2) is 0 Å². The number of hydrogen-bond donors (Lipinski definition) is 2. The van der Waals surface area contributed by atoms with Gasteiger partial charge in [0.1, 0.15) is 0 Å². The average Bonchev–Trinajstić information content (AvgIpc) is 1.52. The molecule has 0 unspecified atom stereocenters. The summed E-state index contributed by atoms with van der Waals surface area (Å²) in [5.74, 6) is 0. The molecule has 0 heterocycles. The summed E-state index contributed by atoms with van der Waals surface area (Å²) in [4.78, 5) is 51.3. The molecule has 5 N–H and O–H groups in total. The lowest BCUT2D eigenvalue weighted by Crippen LogP contribution is -2.24. The van der Waals surface area contributed by atoms with Gasteiger partial charge >= 0.3 is 0 Å². The van der Waals surface area contributed by atoms with E-state index in [1.165, 1.54) is 0 Å². The van der Waals surface area contributed by atoms with Gasteiger partial charge in [0.2, 0.25) is 0 Å². The Hall–Kier alpha value is 0.140. The summed E-state index contributed by atoms with van der Waals surface area (Å²) in [5.41, 5.74) is 0. The molecule has 0 rings (SSSR count). The second-order valence-corrected chi connectivity index (χ2v) is 3.00. The van der Waals surface area contributed by atoms with Crippen LogP contribution in [0.4, 0.5) is 0 Å². The highest BCUT2D eigenvalue weighted by atomic mass is 31.2. The SMILES string of the molecule is CCO.O=P([O-])([O-])[O-].O=P([O-])([O-])[O-].[NH4+]. The molecule has 12 heteroatoms. The van der Waals surface area contributed by atoms with E-state index in [4.69, 9.17) is 43.6 Å². The minimum atomic E-state index is -5.39. The molecule has 0 atom stereocenters. The second kappa shape index (κ2) is 11.2. The monoisotopic (exact) mass is 254 g/mol. The van der Waals surface area contributed by atoms with Crippen LogP contribution in [-0.4, -0.2) is 11.7 Å². The molecule has 0 bridgehead atoms. The molecule has 0 radical (unpaired) electrons. The summed E-state index contributed by atoms with van der Waals surface area (Å²) in [7, 11) is -10.8. The van der Waals surface area contributed by atoms with Crippen molar-refractivity contribution in [2.45, 2.75) is 6.92 Å². The van der Waals surface area contributed by atoms with Crippen molar-refractivity contribution < 1.29 is 43.6 Å². The smallest absolute Gasteiger partial charge is 0.0402 e. The minimum absolute atomic E-state index is 0. The Kier molecular flexibility index (Phi) is 19.0. The van der Waals surface area contributed by atoms with Crippen LogP contribution in [0.1, 0.15) is 6.92 Å². The van der Waals surface area contributed by atoms with Gasteiger partial charge in [0.25, 0.3) is 0 Å². The third-order valence-corrected chi connectivity index (χ3v) is 0.